The third-order valence-electron chi connectivity index (χ3n) is 3.89. The molecule has 0 atom stereocenters. The van der Waals surface area contributed by atoms with Crippen LogP contribution in [-0.4, -0.2) is 20.7 Å². The van der Waals surface area contributed by atoms with E-state index in [-0.39, 0.29) is 0 Å². The second-order valence-electron chi connectivity index (χ2n) is 6.24. The summed E-state index contributed by atoms with van der Waals surface area (Å²) in [5, 5.41) is 1.44. The van der Waals surface area contributed by atoms with Gasteiger partial charge in [0.2, 0.25) is 0 Å². The van der Waals surface area contributed by atoms with Crippen molar-refractivity contribution in [2.24, 2.45) is 0 Å². The molecule has 0 aromatic carbocycles. The summed E-state index contributed by atoms with van der Waals surface area (Å²) in [5.74, 6) is 1.34. The minimum absolute atomic E-state index is 0.755. The van der Waals surface area contributed by atoms with Gasteiger partial charge in [0, 0.05) is 0 Å². The monoisotopic (exact) mass is 392 g/mol. The summed E-state index contributed by atoms with van der Waals surface area (Å²) in [5.41, 5.74) is 0. The summed E-state index contributed by atoms with van der Waals surface area (Å²) in [7, 11) is 0. The molecular formula is C20H40SSe. The first kappa shape index (κ1) is 22.6. The SMILES string of the molecule is CCCCCCCCCC/C(=C/[Se]CCCC)SCCCC. The normalized spacial score (nSPS) is 12.0. The average molecular weight is 392 g/mol. The van der Waals surface area contributed by atoms with Crippen LogP contribution in [0.25, 0.3) is 0 Å². The summed E-state index contributed by atoms with van der Waals surface area (Å²) in [6.07, 6.45) is 18.3. The van der Waals surface area contributed by atoms with Crippen molar-refractivity contribution in [1.29, 1.82) is 0 Å². The van der Waals surface area contributed by atoms with Gasteiger partial charge in [-0.25, -0.2) is 0 Å². The van der Waals surface area contributed by atoms with Gasteiger partial charge >= 0.3 is 152 Å². The molecule has 0 spiro atoms. The molecule has 0 unspecified atom stereocenters. The van der Waals surface area contributed by atoms with Gasteiger partial charge in [0.1, 0.15) is 0 Å². The van der Waals surface area contributed by atoms with E-state index in [1.54, 1.807) is 4.91 Å². The second-order valence-corrected chi connectivity index (χ2v) is 9.51. The first-order valence-corrected chi connectivity index (χ1v) is 13.0. The number of hydrogen-bond donors (Lipinski definition) is 0. The fourth-order valence-electron chi connectivity index (χ4n) is 2.33. The molecule has 0 radical (unpaired) electrons. The van der Waals surface area contributed by atoms with Crippen LogP contribution in [0.2, 0.25) is 5.32 Å². The summed E-state index contributed by atoms with van der Waals surface area (Å²) in [6.45, 7) is 6.90. The molecule has 0 aliphatic rings. The Bertz CT molecular complexity index is 238. The van der Waals surface area contributed by atoms with Gasteiger partial charge in [0.05, 0.1) is 0 Å². The second kappa shape index (κ2) is 19.7. The van der Waals surface area contributed by atoms with Crippen molar-refractivity contribution in [3.8, 4) is 0 Å². The summed E-state index contributed by atoms with van der Waals surface area (Å²) >= 11 is 2.91. The molecule has 0 N–H and O–H groups in total. The van der Waals surface area contributed by atoms with Crippen molar-refractivity contribution in [3.63, 3.8) is 0 Å². The van der Waals surface area contributed by atoms with Crippen LogP contribution in [0.3, 0.4) is 0 Å². The molecule has 0 aromatic rings. The van der Waals surface area contributed by atoms with E-state index in [2.05, 4.69) is 37.5 Å². The van der Waals surface area contributed by atoms with Crippen molar-refractivity contribution in [2.75, 3.05) is 5.75 Å². The number of rotatable bonds is 17. The predicted molar refractivity (Wildman–Crippen MR) is 108 cm³/mol. The van der Waals surface area contributed by atoms with E-state index >= 15 is 0 Å². The Morgan fingerprint density at radius 2 is 1.32 bits per heavy atom. The average Bonchev–Trinajstić information content (AvgIpc) is 2.53. The van der Waals surface area contributed by atoms with E-state index in [0.717, 1.165) is 15.0 Å². The van der Waals surface area contributed by atoms with Gasteiger partial charge in [-0.3, -0.25) is 0 Å². The Hall–Kier alpha value is 0.609. The van der Waals surface area contributed by atoms with E-state index in [0.29, 0.717) is 0 Å². The Morgan fingerprint density at radius 3 is 1.95 bits per heavy atom. The Balaban J connectivity index is 3.72. The molecule has 0 saturated heterocycles. The standard InChI is InChI=1S/C20H40SSe/c1-4-7-10-11-12-13-14-15-16-20(21-17-8-5-2)19-22-18-9-6-3/h19H,4-18H2,1-3H3/b20-19-. The van der Waals surface area contributed by atoms with Gasteiger partial charge in [-0.15, -0.1) is 0 Å². The van der Waals surface area contributed by atoms with Crippen molar-refractivity contribution in [1.82, 2.24) is 0 Å². The molecule has 2 heteroatoms. The van der Waals surface area contributed by atoms with Crippen LogP contribution in [0, 0.1) is 0 Å². The Labute approximate surface area is 151 Å². The van der Waals surface area contributed by atoms with Crippen LogP contribution < -0.4 is 0 Å². The summed E-state index contributed by atoms with van der Waals surface area (Å²) < 4.78 is 0. The number of thioether (sulfide) groups is 1. The molecule has 0 saturated carbocycles. The van der Waals surface area contributed by atoms with E-state index in [1.807, 2.05) is 0 Å². The molecular weight excluding hydrogens is 351 g/mol. The Kier molecular flexibility index (Phi) is 20.2. The molecule has 0 amide bonds. The van der Waals surface area contributed by atoms with Crippen LogP contribution >= 0.6 is 11.8 Å². The topological polar surface area (TPSA) is 0 Å². The van der Waals surface area contributed by atoms with Gasteiger partial charge in [-0.05, 0) is 0 Å². The molecule has 132 valence electrons. The predicted octanol–water partition coefficient (Wildman–Crippen LogP) is 7.81. The van der Waals surface area contributed by atoms with Crippen molar-refractivity contribution in [2.45, 2.75) is 110 Å². The number of unbranched alkanes of at least 4 members (excludes halogenated alkanes) is 9. The zero-order valence-electron chi connectivity index (χ0n) is 15.5. The van der Waals surface area contributed by atoms with Gasteiger partial charge in [0.25, 0.3) is 0 Å². The van der Waals surface area contributed by atoms with E-state index in [9.17, 15) is 0 Å². The van der Waals surface area contributed by atoms with E-state index < -0.39 is 0 Å². The molecule has 22 heavy (non-hydrogen) atoms. The quantitative estimate of drug-likeness (QED) is 0.180. The Morgan fingerprint density at radius 1 is 0.727 bits per heavy atom. The molecule has 0 aromatic heterocycles. The van der Waals surface area contributed by atoms with Gasteiger partial charge in [0.15, 0.2) is 0 Å². The minimum atomic E-state index is 0.755. The zero-order valence-corrected chi connectivity index (χ0v) is 18.0. The first-order valence-electron chi connectivity index (χ1n) is 9.78. The van der Waals surface area contributed by atoms with Crippen LogP contribution in [0.1, 0.15) is 104 Å². The van der Waals surface area contributed by atoms with Gasteiger partial charge in [-0.1, -0.05) is 0 Å². The summed E-state index contributed by atoms with van der Waals surface area (Å²) in [4.78, 5) is 4.33. The number of allylic oxidation sites excluding steroid dienone is 1. The first-order chi connectivity index (χ1) is 10.8. The fraction of sp³-hybridized carbons (Fsp3) is 0.900. The van der Waals surface area contributed by atoms with Gasteiger partial charge < -0.3 is 0 Å². The van der Waals surface area contributed by atoms with Crippen molar-refractivity contribution < 1.29 is 0 Å². The molecule has 0 bridgehead atoms. The van der Waals surface area contributed by atoms with Crippen LogP contribution in [-0.2, 0) is 0 Å². The van der Waals surface area contributed by atoms with E-state index in [4.69, 9.17) is 0 Å². The number of hydrogen-bond acceptors (Lipinski definition) is 1. The van der Waals surface area contributed by atoms with Crippen LogP contribution in [0.15, 0.2) is 9.88 Å². The van der Waals surface area contributed by atoms with Crippen molar-refractivity contribution in [3.05, 3.63) is 9.88 Å². The van der Waals surface area contributed by atoms with Crippen molar-refractivity contribution >= 4 is 26.7 Å². The third-order valence-corrected chi connectivity index (χ3v) is 7.46. The maximum atomic E-state index is 2.62. The van der Waals surface area contributed by atoms with Gasteiger partial charge in [-0.2, -0.15) is 0 Å². The maximum absolute atomic E-state index is 2.62. The molecule has 0 nitrogen and oxygen atoms in total. The molecule has 0 aliphatic carbocycles. The molecule has 0 rings (SSSR count). The van der Waals surface area contributed by atoms with Crippen LogP contribution in [0.5, 0.6) is 0 Å². The molecule has 0 fully saturated rings. The van der Waals surface area contributed by atoms with E-state index in [1.165, 1.54) is 94.5 Å². The summed E-state index contributed by atoms with van der Waals surface area (Å²) in [6, 6.07) is 0. The fourth-order valence-corrected chi connectivity index (χ4v) is 6.00. The molecule has 0 aliphatic heterocycles. The molecule has 0 heterocycles. The third kappa shape index (κ3) is 17.0. The van der Waals surface area contributed by atoms with Crippen LogP contribution in [0.4, 0.5) is 0 Å². The zero-order chi connectivity index (χ0) is 16.3.